The van der Waals surface area contributed by atoms with Crippen molar-refractivity contribution in [3.8, 4) is 0 Å². The maximum atomic E-state index is 10.5. The van der Waals surface area contributed by atoms with Crippen molar-refractivity contribution < 1.29 is 9.84 Å². The second kappa shape index (κ2) is 7.77. The highest BCUT2D eigenvalue weighted by Crippen LogP contribution is 2.24. The summed E-state index contributed by atoms with van der Waals surface area (Å²) >= 11 is 0. The van der Waals surface area contributed by atoms with Crippen molar-refractivity contribution in [2.75, 3.05) is 19.7 Å². The van der Waals surface area contributed by atoms with Gasteiger partial charge in [-0.25, -0.2) is 0 Å². The molecule has 1 heterocycles. The van der Waals surface area contributed by atoms with Crippen LogP contribution in [-0.4, -0.2) is 41.8 Å². The van der Waals surface area contributed by atoms with E-state index in [1.54, 1.807) is 0 Å². The van der Waals surface area contributed by atoms with Gasteiger partial charge in [0.2, 0.25) is 0 Å². The average molecular weight is 277 g/mol. The molecule has 112 valence electrons. The zero-order valence-electron chi connectivity index (χ0n) is 12.7. The van der Waals surface area contributed by atoms with Crippen molar-refractivity contribution in [2.24, 2.45) is 0 Å². The lowest BCUT2D eigenvalue weighted by Crippen LogP contribution is -2.46. The van der Waals surface area contributed by atoms with E-state index in [-0.39, 0.29) is 6.04 Å². The van der Waals surface area contributed by atoms with Crippen LogP contribution in [0.25, 0.3) is 0 Å². The lowest BCUT2D eigenvalue weighted by Gasteiger charge is -2.38. The lowest BCUT2D eigenvalue weighted by atomic mass is 9.99. The summed E-state index contributed by atoms with van der Waals surface area (Å²) in [6, 6.07) is 10.1. The summed E-state index contributed by atoms with van der Waals surface area (Å²) in [7, 11) is 0. The van der Waals surface area contributed by atoms with E-state index in [1.807, 2.05) is 30.3 Å². The number of aliphatic hydroxyl groups excluding tert-OH is 1. The summed E-state index contributed by atoms with van der Waals surface area (Å²) in [6.07, 6.45) is 3.26. The Morgan fingerprint density at radius 1 is 1.35 bits per heavy atom. The Morgan fingerprint density at radius 2 is 2.10 bits per heavy atom. The molecule has 0 bridgehead atoms. The third-order valence-electron chi connectivity index (χ3n) is 4.14. The molecule has 2 rings (SSSR count). The average Bonchev–Trinajstić information content (AvgIpc) is 2.52. The van der Waals surface area contributed by atoms with Gasteiger partial charge in [0.25, 0.3) is 0 Å². The SMILES string of the molecule is CCCOC1CCCN(C(C)C(O)c2ccccc2)C1. The fourth-order valence-corrected chi connectivity index (χ4v) is 2.89. The van der Waals surface area contributed by atoms with Gasteiger partial charge in [-0.2, -0.15) is 0 Å². The highest BCUT2D eigenvalue weighted by molar-refractivity contribution is 5.18. The number of hydrogen-bond donors (Lipinski definition) is 1. The van der Waals surface area contributed by atoms with Gasteiger partial charge in [0.05, 0.1) is 12.2 Å². The predicted molar refractivity (Wildman–Crippen MR) is 81.7 cm³/mol. The standard InChI is InChI=1S/C17H27NO2/c1-3-12-20-16-10-7-11-18(13-16)14(2)17(19)15-8-5-4-6-9-15/h4-6,8-9,14,16-17,19H,3,7,10-13H2,1-2H3. The van der Waals surface area contributed by atoms with Gasteiger partial charge in [-0.05, 0) is 38.3 Å². The quantitative estimate of drug-likeness (QED) is 0.867. The summed E-state index contributed by atoms with van der Waals surface area (Å²) in [5.41, 5.74) is 0.997. The molecule has 1 saturated heterocycles. The third kappa shape index (κ3) is 4.05. The second-order valence-electron chi connectivity index (χ2n) is 5.73. The maximum absolute atomic E-state index is 10.5. The minimum Gasteiger partial charge on any atom is -0.387 e. The Labute approximate surface area is 122 Å². The van der Waals surface area contributed by atoms with E-state index in [0.29, 0.717) is 6.10 Å². The first-order valence-electron chi connectivity index (χ1n) is 7.81. The maximum Gasteiger partial charge on any atom is 0.0942 e. The second-order valence-corrected chi connectivity index (χ2v) is 5.73. The first-order chi connectivity index (χ1) is 9.72. The van der Waals surface area contributed by atoms with Gasteiger partial charge < -0.3 is 9.84 Å². The molecule has 3 heteroatoms. The van der Waals surface area contributed by atoms with Gasteiger partial charge in [-0.15, -0.1) is 0 Å². The van der Waals surface area contributed by atoms with Gasteiger partial charge in [0, 0.05) is 19.2 Å². The summed E-state index contributed by atoms with van der Waals surface area (Å²) in [6.45, 7) is 7.08. The molecule has 0 aliphatic carbocycles. The van der Waals surface area contributed by atoms with Gasteiger partial charge in [0.15, 0.2) is 0 Å². The molecule has 1 aliphatic rings. The minimum atomic E-state index is -0.430. The Bertz CT molecular complexity index is 382. The molecule has 1 aromatic carbocycles. The van der Waals surface area contributed by atoms with Crippen molar-refractivity contribution in [1.29, 1.82) is 0 Å². The highest BCUT2D eigenvalue weighted by atomic mass is 16.5. The van der Waals surface area contributed by atoms with E-state index in [1.165, 1.54) is 0 Å². The van der Waals surface area contributed by atoms with Crippen LogP contribution in [-0.2, 0) is 4.74 Å². The van der Waals surface area contributed by atoms with E-state index in [9.17, 15) is 5.11 Å². The molecule has 3 unspecified atom stereocenters. The van der Waals surface area contributed by atoms with Crippen LogP contribution in [0.15, 0.2) is 30.3 Å². The molecular formula is C17H27NO2. The Hall–Kier alpha value is -0.900. The molecule has 1 aliphatic heterocycles. The zero-order chi connectivity index (χ0) is 14.4. The first-order valence-corrected chi connectivity index (χ1v) is 7.81. The number of hydrogen-bond acceptors (Lipinski definition) is 3. The molecule has 1 aromatic rings. The molecule has 0 amide bonds. The number of ether oxygens (including phenoxy) is 1. The van der Waals surface area contributed by atoms with Crippen molar-refractivity contribution in [1.82, 2.24) is 4.90 Å². The van der Waals surface area contributed by atoms with Gasteiger partial charge in [0.1, 0.15) is 0 Å². The molecule has 1 N–H and O–H groups in total. The van der Waals surface area contributed by atoms with E-state index < -0.39 is 6.10 Å². The molecule has 1 fully saturated rings. The van der Waals surface area contributed by atoms with Crippen LogP contribution in [0.5, 0.6) is 0 Å². The van der Waals surface area contributed by atoms with Crippen LogP contribution in [0.4, 0.5) is 0 Å². The van der Waals surface area contributed by atoms with Crippen LogP contribution in [0.1, 0.15) is 44.8 Å². The van der Waals surface area contributed by atoms with Crippen molar-refractivity contribution >= 4 is 0 Å². The fraction of sp³-hybridized carbons (Fsp3) is 0.647. The minimum absolute atomic E-state index is 0.130. The van der Waals surface area contributed by atoms with Gasteiger partial charge in [-0.3, -0.25) is 4.90 Å². The van der Waals surface area contributed by atoms with Crippen LogP contribution in [0.3, 0.4) is 0 Å². The zero-order valence-corrected chi connectivity index (χ0v) is 12.7. The largest absolute Gasteiger partial charge is 0.387 e. The number of rotatable bonds is 6. The van der Waals surface area contributed by atoms with Gasteiger partial charge in [-0.1, -0.05) is 37.3 Å². The summed E-state index contributed by atoms with van der Waals surface area (Å²) < 4.78 is 5.87. The highest BCUT2D eigenvalue weighted by Gasteiger charge is 2.28. The first kappa shape index (κ1) is 15.5. The van der Waals surface area contributed by atoms with E-state index in [2.05, 4.69) is 18.7 Å². The van der Waals surface area contributed by atoms with Crippen LogP contribution < -0.4 is 0 Å². The molecular weight excluding hydrogens is 250 g/mol. The van der Waals surface area contributed by atoms with E-state index in [0.717, 1.165) is 44.5 Å². The molecule has 0 saturated carbocycles. The number of piperidine rings is 1. The Balaban J connectivity index is 1.92. The summed E-state index contributed by atoms with van der Waals surface area (Å²) in [4.78, 5) is 2.36. The molecule has 0 spiro atoms. The Kier molecular flexibility index (Phi) is 6.02. The normalized spacial score (nSPS) is 23.4. The van der Waals surface area contributed by atoms with Gasteiger partial charge >= 0.3 is 0 Å². The van der Waals surface area contributed by atoms with Crippen LogP contribution in [0.2, 0.25) is 0 Å². The lowest BCUT2D eigenvalue weighted by molar-refractivity contribution is -0.0324. The summed E-state index contributed by atoms with van der Waals surface area (Å²) in [5.74, 6) is 0. The molecule has 3 atom stereocenters. The molecule has 0 radical (unpaired) electrons. The third-order valence-corrected chi connectivity index (χ3v) is 4.14. The predicted octanol–water partition coefficient (Wildman–Crippen LogP) is 3.00. The van der Waals surface area contributed by atoms with Crippen LogP contribution >= 0.6 is 0 Å². The smallest absolute Gasteiger partial charge is 0.0942 e. The molecule has 3 nitrogen and oxygen atoms in total. The number of benzene rings is 1. The van der Waals surface area contributed by atoms with E-state index in [4.69, 9.17) is 4.74 Å². The number of aliphatic hydroxyl groups is 1. The fourth-order valence-electron chi connectivity index (χ4n) is 2.89. The number of nitrogens with zero attached hydrogens (tertiary/aromatic N) is 1. The van der Waals surface area contributed by atoms with Crippen LogP contribution in [0, 0.1) is 0 Å². The summed E-state index contributed by atoms with van der Waals surface area (Å²) in [5, 5.41) is 10.5. The topological polar surface area (TPSA) is 32.7 Å². The Morgan fingerprint density at radius 3 is 2.80 bits per heavy atom. The molecule has 0 aromatic heterocycles. The van der Waals surface area contributed by atoms with Crippen molar-refractivity contribution in [3.05, 3.63) is 35.9 Å². The van der Waals surface area contributed by atoms with Crippen molar-refractivity contribution in [3.63, 3.8) is 0 Å². The monoisotopic (exact) mass is 277 g/mol. The van der Waals surface area contributed by atoms with E-state index >= 15 is 0 Å². The van der Waals surface area contributed by atoms with Crippen molar-refractivity contribution in [2.45, 2.75) is 51.4 Å². The number of likely N-dealkylation sites (tertiary alicyclic amines) is 1. The molecule has 20 heavy (non-hydrogen) atoms.